The molecule has 0 aliphatic heterocycles. The van der Waals surface area contributed by atoms with E-state index in [2.05, 4.69) is 22.6 Å². The lowest BCUT2D eigenvalue weighted by molar-refractivity contribution is 0.0187. The van der Waals surface area contributed by atoms with Gasteiger partial charge in [0.05, 0.1) is 0 Å². The second-order valence-electron chi connectivity index (χ2n) is 4.90. The zero-order valence-corrected chi connectivity index (χ0v) is 10.3. The average Bonchev–Trinajstić information content (AvgIpc) is 2.03. The van der Waals surface area contributed by atoms with Gasteiger partial charge in [-0.05, 0) is 37.3 Å². The zero-order valence-electron chi connectivity index (χ0n) is 8.11. The Labute approximate surface area is 97.0 Å². The Hall–Kier alpha value is -0.120. The highest BCUT2D eigenvalue weighted by molar-refractivity contribution is 14.1. The van der Waals surface area contributed by atoms with Gasteiger partial charge in [0, 0.05) is 8.84 Å². The van der Waals surface area contributed by atoms with Crippen molar-refractivity contribution in [3.05, 3.63) is 35.1 Å². The molecule has 0 radical (unpaired) electrons. The van der Waals surface area contributed by atoms with Crippen LogP contribution in [0.15, 0.2) is 18.2 Å². The van der Waals surface area contributed by atoms with E-state index in [1.807, 2.05) is 25.1 Å². The molecule has 0 N–H and O–H groups in total. The minimum atomic E-state index is 0.0330. The van der Waals surface area contributed by atoms with E-state index in [4.69, 9.17) is 0 Å². The molecular weight excluding hydrogens is 290 g/mol. The van der Waals surface area contributed by atoms with Crippen LogP contribution in [-0.4, -0.2) is 3.42 Å². The van der Waals surface area contributed by atoms with Crippen molar-refractivity contribution in [1.29, 1.82) is 0 Å². The van der Waals surface area contributed by atoms with Crippen molar-refractivity contribution >= 4 is 22.6 Å². The minimum absolute atomic E-state index is 0.0330. The number of alkyl halides is 1. The van der Waals surface area contributed by atoms with E-state index in [1.165, 1.54) is 19.3 Å². The van der Waals surface area contributed by atoms with Crippen LogP contribution in [-0.2, 0) is 5.41 Å². The highest BCUT2D eigenvalue weighted by Gasteiger charge is 2.67. The molecule has 74 valence electrons. The van der Waals surface area contributed by atoms with Crippen molar-refractivity contribution in [1.82, 2.24) is 0 Å². The fourth-order valence-corrected chi connectivity index (χ4v) is 5.20. The van der Waals surface area contributed by atoms with E-state index in [0.29, 0.717) is 3.42 Å². The summed E-state index contributed by atoms with van der Waals surface area (Å²) in [7, 11) is 0. The molecule has 2 heteroatoms. The second kappa shape index (κ2) is 2.52. The lowest BCUT2D eigenvalue weighted by atomic mass is 9.42. The molecule has 14 heavy (non-hydrogen) atoms. The number of aryl methyl sites for hydroxylation is 1. The van der Waals surface area contributed by atoms with Gasteiger partial charge in [-0.15, -0.1) is 0 Å². The van der Waals surface area contributed by atoms with E-state index < -0.39 is 0 Å². The van der Waals surface area contributed by atoms with Gasteiger partial charge in [-0.1, -0.05) is 40.8 Å². The van der Waals surface area contributed by atoms with Gasteiger partial charge < -0.3 is 0 Å². The molecule has 0 amide bonds. The van der Waals surface area contributed by atoms with Crippen LogP contribution in [0.2, 0.25) is 0 Å². The first-order valence-corrected chi connectivity index (χ1v) is 6.07. The molecule has 0 nitrogen and oxygen atoms in total. The molecule has 3 fully saturated rings. The van der Waals surface area contributed by atoms with Crippen molar-refractivity contribution in [2.45, 2.75) is 35.0 Å². The van der Waals surface area contributed by atoms with Crippen molar-refractivity contribution in [3.63, 3.8) is 0 Å². The van der Waals surface area contributed by atoms with E-state index in [9.17, 15) is 4.39 Å². The fourth-order valence-electron chi connectivity index (χ4n) is 3.01. The third-order valence-electron chi connectivity index (χ3n) is 3.73. The predicted molar refractivity (Wildman–Crippen MR) is 63.4 cm³/mol. The number of hydrogen-bond donors (Lipinski definition) is 0. The number of halogens is 2. The maximum absolute atomic E-state index is 13.9. The van der Waals surface area contributed by atoms with Crippen molar-refractivity contribution in [3.8, 4) is 0 Å². The van der Waals surface area contributed by atoms with Crippen LogP contribution in [0.1, 0.15) is 30.4 Å². The van der Waals surface area contributed by atoms with Gasteiger partial charge in [-0.25, -0.2) is 4.39 Å². The molecule has 0 heterocycles. The molecule has 3 saturated carbocycles. The Morgan fingerprint density at radius 2 is 1.93 bits per heavy atom. The lowest BCUT2D eigenvalue weighted by Crippen LogP contribution is -2.66. The number of benzene rings is 1. The largest absolute Gasteiger partial charge is 0.206 e. The summed E-state index contributed by atoms with van der Waals surface area (Å²) in [4.78, 5) is 0. The molecule has 0 aromatic heterocycles. The van der Waals surface area contributed by atoms with E-state index in [1.54, 1.807) is 0 Å². The minimum Gasteiger partial charge on any atom is -0.206 e. The molecule has 4 rings (SSSR count). The molecule has 0 unspecified atom stereocenters. The highest BCUT2D eigenvalue weighted by atomic mass is 127. The Morgan fingerprint density at radius 3 is 2.50 bits per heavy atom. The number of hydrogen-bond acceptors (Lipinski definition) is 0. The Balaban J connectivity index is 2.02. The summed E-state index contributed by atoms with van der Waals surface area (Å²) in [5, 5.41) is 0. The summed E-state index contributed by atoms with van der Waals surface area (Å²) >= 11 is 2.53. The standard InChI is InChI=1S/C12H12FI/c1-8-3-2-4-9(10(8)13)11-5-12(14,6-11)7-11/h2-4H,5-7H2,1H3. The molecule has 1 aromatic carbocycles. The Morgan fingerprint density at radius 1 is 1.29 bits per heavy atom. The third-order valence-corrected chi connectivity index (χ3v) is 4.87. The topological polar surface area (TPSA) is 0 Å². The van der Waals surface area contributed by atoms with Crippen LogP contribution >= 0.6 is 22.6 Å². The normalized spacial score (nSPS) is 38.8. The number of rotatable bonds is 1. The summed E-state index contributed by atoms with van der Waals surface area (Å²) in [5.74, 6) is 0.0330. The molecule has 0 saturated heterocycles. The SMILES string of the molecule is Cc1cccc(C23CC(I)(C2)C3)c1F. The van der Waals surface area contributed by atoms with Gasteiger partial charge in [0.15, 0.2) is 0 Å². The molecule has 0 spiro atoms. The fraction of sp³-hybridized carbons (Fsp3) is 0.500. The van der Waals surface area contributed by atoms with Gasteiger partial charge in [-0.3, -0.25) is 0 Å². The lowest BCUT2D eigenvalue weighted by Gasteiger charge is -2.68. The zero-order chi connectivity index (χ0) is 9.97. The van der Waals surface area contributed by atoms with Crippen LogP contribution in [0.25, 0.3) is 0 Å². The monoisotopic (exact) mass is 302 g/mol. The molecule has 3 aliphatic rings. The van der Waals surface area contributed by atoms with Crippen LogP contribution in [0, 0.1) is 12.7 Å². The summed E-state index contributed by atoms with van der Waals surface area (Å²) in [5.41, 5.74) is 1.97. The van der Waals surface area contributed by atoms with Gasteiger partial charge in [0.1, 0.15) is 5.82 Å². The van der Waals surface area contributed by atoms with Crippen LogP contribution in [0.4, 0.5) is 4.39 Å². The van der Waals surface area contributed by atoms with Crippen molar-refractivity contribution < 1.29 is 4.39 Å². The predicted octanol–water partition coefficient (Wildman–Crippen LogP) is 3.74. The van der Waals surface area contributed by atoms with Gasteiger partial charge in [0.25, 0.3) is 0 Å². The highest BCUT2D eigenvalue weighted by Crippen LogP contribution is 2.72. The maximum Gasteiger partial charge on any atom is 0.129 e. The first-order chi connectivity index (χ1) is 6.55. The third kappa shape index (κ3) is 0.980. The van der Waals surface area contributed by atoms with E-state index in [-0.39, 0.29) is 11.2 Å². The molecule has 0 atom stereocenters. The first-order valence-electron chi connectivity index (χ1n) is 4.99. The average molecular weight is 302 g/mol. The molecule has 2 bridgehead atoms. The van der Waals surface area contributed by atoms with E-state index >= 15 is 0 Å². The Bertz CT molecular complexity index is 391. The molecular formula is C12H12FI. The molecule has 3 aliphatic carbocycles. The summed E-state index contributed by atoms with van der Waals surface area (Å²) in [6.07, 6.45) is 3.54. The van der Waals surface area contributed by atoms with Crippen LogP contribution in [0.3, 0.4) is 0 Å². The first kappa shape index (κ1) is 9.13. The summed E-state index contributed by atoms with van der Waals surface area (Å²) in [6.45, 7) is 1.85. The smallest absolute Gasteiger partial charge is 0.129 e. The van der Waals surface area contributed by atoms with Gasteiger partial charge in [-0.2, -0.15) is 0 Å². The van der Waals surface area contributed by atoms with Crippen molar-refractivity contribution in [2.24, 2.45) is 0 Å². The van der Waals surface area contributed by atoms with Crippen molar-refractivity contribution in [2.75, 3.05) is 0 Å². The molecule has 1 aromatic rings. The summed E-state index contributed by atoms with van der Waals surface area (Å²) < 4.78 is 14.4. The van der Waals surface area contributed by atoms with E-state index in [0.717, 1.165) is 11.1 Å². The quantitative estimate of drug-likeness (QED) is 0.547. The van der Waals surface area contributed by atoms with Crippen LogP contribution in [0.5, 0.6) is 0 Å². The maximum atomic E-state index is 13.9. The van der Waals surface area contributed by atoms with Gasteiger partial charge >= 0.3 is 0 Å². The second-order valence-corrected chi connectivity index (χ2v) is 7.19. The Kier molecular flexibility index (Phi) is 1.64. The summed E-state index contributed by atoms with van der Waals surface area (Å²) in [6, 6.07) is 5.80. The van der Waals surface area contributed by atoms with Crippen LogP contribution < -0.4 is 0 Å². The van der Waals surface area contributed by atoms with Gasteiger partial charge in [0.2, 0.25) is 0 Å².